The third-order valence-corrected chi connectivity index (χ3v) is 5.69. The van der Waals surface area contributed by atoms with Crippen molar-refractivity contribution in [3.63, 3.8) is 0 Å². The van der Waals surface area contributed by atoms with Gasteiger partial charge in [-0.1, -0.05) is 47.5 Å². The van der Waals surface area contributed by atoms with Crippen molar-refractivity contribution >= 4 is 42.0 Å². The number of carbonyl (C=O) groups excluding carboxylic acids is 1. The fourth-order valence-corrected chi connectivity index (χ4v) is 3.99. The Morgan fingerprint density at radius 3 is 2.54 bits per heavy atom. The molecule has 0 aliphatic heterocycles. The molecule has 3 nitrogen and oxygen atoms in total. The van der Waals surface area contributed by atoms with Crippen LogP contribution >= 0.6 is 35.6 Å². The van der Waals surface area contributed by atoms with E-state index >= 15 is 0 Å². The predicted octanol–water partition coefficient (Wildman–Crippen LogP) is 5.19. The third kappa shape index (κ3) is 4.34. The van der Waals surface area contributed by atoms with E-state index in [1.165, 1.54) is 16.7 Å². The van der Waals surface area contributed by atoms with Gasteiger partial charge in [-0.2, -0.15) is 0 Å². The van der Waals surface area contributed by atoms with Gasteiger partial charge < -0.3 is 10.2 Å². The van der Waals surface area contributed by atoms with Gasteiger partial charge in [0, 0.05) is 25.6 Å². The Morgan fingerprint density at radius 2 is 1.88 bits per heavy atom. The first-order valence-corrected chi connectivity index (χ1v) is 9.19. The van der Waals surface area contributed by atoms with E-state index in [0.717, 1.165) is 24.8 Å². The smallest absolute Gasteiger partial charge is 0.209 e. The highest BCUT2D eigenvalue weighted by Crippen LogP contribution is 2.42. The lowest BCUT2D eigenvalue weighted by Crippen LogP contribution is -2.25. The molecule has 3 rings (SSSR count). The molecule has 1 aliphatic carbocycles. The van der Waals surface area contributed by atoms with E-state index < -0.39 is 0 Å². The highest BCUT2D eigenvalue weighted by molar-refractivity contribution is 6.42. The van der Waals surface area contributed by atoms with Crippen LogP contribution in [0.1, 0.15) is 47.1 Å². The van der Waals surface area contributed by atoms with Gasteiger partial charge in [0.15, 0.2) is 0 Å². The molecule has 0 bridgehead atoms. The molecule has 0 radical (unpaired) electrons. The summed E-state index contributed by atoms with van der Waals surface area (Å²) < 4.78 is 0. The third-order valence-electron chi connectivity index (χ3n) is 4.95. The lowest BCUT2D eigenvalue weighted by Gasteiger charge is -2.32. The van der Waals surface area contributed by atoms with Gasteiger partial charge in [-0.3, -0.25) is 4.79 Å². The van der Waals surface area contributed by atoms with Crippen LogP contribution in [-0.4, -0.2) is 25.4 Å². The predicted molar refractivity (Wildman–Crippen MR) is 111 cm³/mol. The second-order valence-electron chi connectivity index (χ2n) is 6.63. The van der Waals surface area contributed by atoms with Crippen LogP contribution in [0.5, 0.6) is 0 Å². The van der Waals surface area contributed by atoms with E-state index in [9.17, 15) is 4.79 Å². The maximum Gasteiger partial charge on any atom is 0.209 e. The summed E-state index contributed by atoms with van der Waals surface area (Å²) in [4.78, 5) is 12.6. The first kappa shape index (κ1) is 21.0. The summed E-state index contributed by atoms with van der Waals surface area (Å²) in [6, 6.07) is 12.8. The molecule has 1 N–H and O–H groups in total. The maximum absolute atomic E-state index is 10.9. The minimum atomic E-state index is 0. The Kier molecular flexibility index (Phi) is 7.36. The van der Waals surface area contributed by atoms with Crippen LogP contribution in [0.25, 0.3) is 0 Å². The standard InChI is InChI=1S/C20H22Cl2N2O.ClH/c1-23-20-8-6-15(14-4-7-18(21)19(22)10-14)16-5-3-13(9-17(16)20)11-24(2)12-25;/h3-5,7,9-10,12,15,20,23H,6,8,11H2,1-2H3;1H/t15-,20-;/m0./s1. The molecule has 2 aromatic rings. The fourth-order valence-electron chi connectivity index (χ4n) is 3.69. The summed E-state index contributed by atoms with van der Waals surface area (Å²) in [6.45, 7) is 0.616. The van der Waals surface area contributed by atoms with Crippen molar-refractivity contribution < 1.29 is 4.79 Å². The Balaban J connectivity index is 0.00000243. The monoisotopic (exact) mass is 412 g/mol. The van der Waals surface area contributed by atoms with Crippen molar-refractivity contribution in [1.29, 1.82) is 0 Å². The average molecular weight is 414 g/mol. The number of halogens is 3. The summed E-state index contributed by atoms with van der Waals surface area (Å²) in [6.07, 6.45) is 2.97. The van der Waals surface area contributed by atoms with Crippen LogP contribution < -0.4 is 5.32 Å². The molecule has 0 spiro atoms. The molecule has 0 heterocycles. The summed E-state index contributed by atoms with van der Waals surface area (Å²) in [5.74, 6) is 0.312. The molecule has 0 fully saturated rings. The lowest BCUT2D eigenvalue weighted by atomic mass is 9.76. The number of hydrogen-bond acceptors (Lipinski definition) is 2. The average Bonchev–Trinajstić information content (AvgIpc) is 2.63. The molecule has 0 aromatic heterocycles. The highest BCUT2D eigenvalue weighted by Gasteiger charge is 2.28. The summed E-state index contributed by atoms with van der Waals surface area (Å²) in [5.41, 5.74) is 4.97. The number of amides is 1. The highest BCUT2D eigenvalue weighted by atomic mass is 35.5. The van der Waals surface area contributed by atoms with Crippen LogP contribution in [0, 0.1) is 0 Å². The van der Waals surface area contributed by atoms with E-state index in [2.05, 4.69) is 29.6 Å². The molecule has 26 heavy (non-hydrogen) atoms. The van der Waals surface area contributed by atoms with Gasteiger partial charge >= 0.3 is 0 Å². The molecule has 140 valence electrons. The molecule has 0 saturated heterocycles. The number of rotatable bonds is 5. The molecule has 1 amide bonds. The molecule has 0 saturated carbocycles. The van der Waals surface area contributed by atoms with Gasteiger partial charge in [-0.05, 0) is 54.3 Å². The number of hydrogen-bond donors (Lipinski definition) is 1. The molecule has 1 aliphatic rings. The van der Waals surface area contributed by atoms with E-state index in [1.807, 2.05) is 19.2 Å². The molecule has 2 aromatic carbocycles. The Bertz CT molecular complexity index is 782. The summed E-state index contributed by atoms with van der Waals surface area (Å²) in [7, 11) is 3.79. The number of nitrogens with zero attached hydrogens (tertiary/aromatic N) is 1. The number of carbonyl (C=O) groups is 1. The Morgan fingerprint density at radius 1 is 1.12 bits per heavy atom. The minimum absolute atomic E-state index is 0. The zero-order valence-electron chi connectivity index (χ0n) is 14.8. The molecule has 2 atom stereocenters. The van der Waals surface area contributed by atoms with Gasteiger partial charge in [-0.25, -0.2) is 0 Å². The van der Waals surface area contributed by atoms with Crippen molar-refractivity contribution in [2.45, 2.75) is 31.3 Å². The zero-order valence-corrected chi connectivity index (χ0v) is 17.2. The quantitative estimate of drug-likeness (QED) is 0.684. The van der Waals surface area contributed by atoms with Crippen LogP contribution in [0.4, 0.5) is 0 Å². The number of nitrogens with one attached hydrogen (secondary N) is 1. The van der Waals surface area contributed by atoms with E-state index in [-0.39, 0.29) is 12.4 Å². The molecular formula is C20H23Cl3N2O. The van der Waals surface area contributed by atoms with Crippen molar-refractivity contribution in [2.24, 2.45) is 0 Å². The van der Waals surface area contributed by atoms with E-state index in [0.29, 0.717) is 28.5 Å². The zero-order chi connectivity index (χ0) is 18.0. The Hall–Kier alpha value is -1.26. The van der Waals surface area contributed by atoms with Crippen molar-refractivity contribution in [3.8, 4) is 0 Å². The van der Waals surface area contributed by atoms with Crippen molar-refractivity contribution in [3.05, 3.63) is 68.7 Å². The number of fused-ring (bicyclic) bond motifs is 1. The maximum atomic E-state index is 10.9. The SMILES string of the molecule is CN[C@H]1CC[C@@H](c2ccc(Cl)c(Cl)c2)c2ccc(CN(C)C=O)cc21.Cl. The summed E-state index contributed by atoms with van der Waals surface area (Å²) in [5, 5.41) is 4.60. The van der Waals surface area contributed by atoms with E-state index in [4.69, 9.17) is 23.2 Å². The van der Waals surface area contributed by atoms with Crippen LogP contribution in [0.3, 0.4) is 0 Å². The molecule has 0 unspecified atom stereocenters. The van der Waals surface area contributed by atoms with Crippen LogP contribution in [-0.2, 0) is 11.3 Å². The number of benzene rings is 2. The largest absolute Gasteiger partial charge is 0.344 e. The van der Waals surface area contributed by atoms with Crippen LogP contribution in [0.15, 0.2) is 36.4 Å². The Labute approximate surface area is 171 Å². The second-order valence-corrected chi connectivity index (χ2v) is 7.44. The van der Waals surface area contributed by atoms with Crippen molar-refractivity contribution in [2.75, 3.05) is 14.1 Å². The molecule has 6 heteroatoms. The normalized spacial score (nSPS) is 18.6. The fraction of sp³-hybridized carbons (Fsp3) is 0.350. The first-order valence-electron chi connectivity index (χ1n) is 8.44. The van der Waals surface area contributed by atoms with Gasteiger partial charge in [0.1, 0.15) is 0 Å². The van der Waals surface area contributed by atoms with Gasteiger partial charge in [0.2, 0.25) is 6.41 Å². The minimum Gasteiger partial charge on any atom is -0.344 e. The lowest BCUT2D eigenvalue weighted by molar-refractivity contribution is -0.117. The first-order chi connectivity index (χ1) is 12.0. The topological polar surface area (TPSA) is 32.3 Å². The van der Waals surface area contributed by atoms with E-state index in [1.54, 1.807) is 11.9 Å². The van der Waals surface area contributed by atoms with Gasteiger partial charge in [0.05, 0.1) is 10.0 Å². The van der Waals surface area contributed by atoms with Gasteiger partial charge in [0.25, 0.3) is 0 Å². The van der Waals surface area contributed by atoms with Crippen molar-refractivity contribution in [1.82, 2.24) is 10.2 Å². The second kappa shape index (κ2) is 9.09. The van der Waals surface area contributed by atoms with Crippen LogP contribution in [0.2, 0.25) is 10.0 Å². The summed E-state index contributed by atoms with van der Waals surface area (Å²) >= 11 is 12.3. The molecular weight excluding hydrogens is 391 g/mol. The van der Waals surface area contributed by atoms with Gasteiger partial charge in [-0.15, -0.1) is 12.4 Å².